The van der Waals surface area contributed by atoms with Gasteiger partial charge >= 0.3 is 0 Å². The van der Waals surface area contributed by atoms with Gasteiger partial charge in [0.15, 0.2) is 0 Å². The van der Waals surface area contributed by atoms with Gasteiger partial charge in [0.1, 0.15) is 0 Å². The summed E-state index contributed by atoms with van der Waals surface area (Å²) in [7, 11) is -3.56. The number of amides is 2. The van der Waals surface area contributed by atoms with E-state index in [-0.39, 0.29) is 36.3 Å². The van der Waals surface area contributed by atoms with Crippen molar-refractivity contribution < 1.29 is 18.0 Å². The van der Waals surface area contributed by atoms with Crippen LogP contribution in [0.15, 0.2) is 46.7 Å². The lowest BCUT2D eigenvalue weighted by Gasteiger charge is -2.34. The summed E-state index contributed by atoms with van der Waals surface area (Å²) < 4.78 is 26.8. The number of aryl methyl sites for hydroxylation is 1. The van der Waals surface area contributed by atoms with Crippen molar-refractivity contribution in [2.45, 2.75) is 11.8 Å². The Morgan fingerprint density at radius 3 is 2.33 bits per heavy atom. The first-order chi connectivity index (χ1) is 12.9. The van der Waals surface area contributed by atoms with Crippen molar-refractivity contribution in [3.05, 3.63) is 52.2 Å². The Kier molecular flexibility index (Phi) is 5.93. The third-order valence-corrected chi connectivity index (χ3v) is 7.18. The van der Waals surface area contributed by atoms with Crippen LogP contribution in [0.5, 0.6) is 0 Å². The number of nitrogens with zero attached hydrogens (tertiary/aromatic N) is 2. The molecule has 1 fully saturated rings. The van der Waals surface area contributed by atoms with Gasteiger partial charge in [-0.2, -0.15) is 4.31 Å². The molecule has 27 heavy (non-hydrogen) atoms. The normalized spacial score (nSPS) is 15.5. The molecule has 9 heteroatoms. The van der Waals surface area contributed by atoms with Crippen molar-refractivity contribution >= 4 is 33.2 Å². The molecular weight excluding hydrogens is 386 g/mol. The standard InChI is InChI=1S/C18H21N3O4S2/c1-14-4-6-15(7-5-14)27(24,25)21-10-8-20(9-11-21)17(22)13-19-18(23)16-3-2-12-26-16/h2-7,12H,8-11,13H2,1H3,(H,19,23). The van der Waals surface area contributed by atoms with Crippen LogP contribution in [0.4, 0.5) is 0 Å². The van der Waals surface area contributed by atoms with Crippen LogP contribution < -0.4 is 5.32 Å². The van der Waals surface area contributed by atoms with Crippen molar-refractivity contribution in [3.8, 4) is 0 Å². The number of hydrogen-bond acceptors (Lipinski definition) is 5. The highest BCUT2D eigenvalue weighted by atomic mass is 32.2. The molecule has 3 rings (SSSR count). The second-order valence-electron chi connectivity index (χ2n) is 6.26. The fraction of sp³-hybridized carbons (Fsp3) is 0.333. The molecule has 0 aliphatic carbocycles. The number of sulfonamides is 1. The number of carbonyl (C=O) groups is 2. The minimum atomic E-state index is -3.56. The zero-order valence-corrected chi connectivity index (χ0v) is 16.6. The molecule has 0 bridgehead atoms. The van der Waals surface area contributed by atoms with Crippen LogP contribution in [0.25, 0.3) is 0 Å². The zero-order chi connectivity index (χ0) is 19.4. The fourth-order valence-electron chi connectivity index (χ4n) is 2.80. The molecule has 2 aromatic rings. The monoisotopic (exact) mass is 407 g/mol. The summed E-state index contributed by atoms with van der Waals surface area (Å²) in [6, 6.07) is 10.2. The van der Waals surface area contributed by atoms with Crippen molar-refractivity contribution in [3.63, 3.8) is 0 Å². The lowest BCUT2D eigenvalue weighted by Crippen LogP contribution is -2.52. The molecule has 1 aromatic carbocycles. The molecule has 1 saturated heterocycles. The van der Waals surface area contributed by atoms with Crippen molar-refractivity contribution in [2.24, 2.45) is 0 Å². The number of nitrogens with one attached hydrogen (secondary N) is 1. The molecule has 0 radical (unpaired) electrons. The second kappa shape index (κ2) is 8.20. The van der Waals surface area contributed by atoms with Gasteiger partial charge in [-0.15, -0.1) is 11.3 Å². The molecule has 0 unspecified atom stereocenters. The zero-order valence-electron chi connectivity index (χ0n) is 14.9. The van der Waals surface area contributed by atoms with Gasteiger partial charge in [0.25, 0.3) is 5.91 Å². The first-order valence-electron chi connectivity index (χ1n) is 8.54. The van der Waals surface area contributed by atoms with E-state index in [1.807, 2.05) is 6.92 Å². The molecule has 0 spiro atoms. The topological polar surface area (TPSA) is 86.8 Å². The summed E-state index contributed by atoms with van der Waals surface area (Å²) in [5.74, 6) is -0.494. The van der Waals surface area contributed by atoms with E-state index in [1.165, 1.54) is 15.6 Å². The van der Waals surface area contributed by atoms with E-state index >= 15 is 0 Å². The molecule has 1 aliphatic heterocycles. The lowest BCUT2D eigenvalue weighted by molar-refractivity contribution is -0.131. The van der Waals surface area contributed by atoms with Gasteiger partial charge in [0, 0.05) is 26.2 Å². The van der Waals surface area contributed by atoms with Crippen LogP contribution in [0, 0.1) is 6.92 Å². The highest BCUT2D eigenvalue weighted by Crippen LogP contribution is 2.18. The summed E-state index contributed by atoms with van der Waals surface area (Å²) >= 11 is 1.31. The maximum absolute atomic E-state index is 12.7. The van der Waals surface area contributed by atoms with E-state index in [9.17, 15) is 18.0 Å². The van der Waals surface area contributed by atoms with Crippen LogP contribution in [0.2, 0.25) is 0 Å². The van der Waals surface area contributed by atoms with Crippen LogP contribution in [-0.2, 0) is 14.8 Å². The van der Waals surface area contributed by atoms with Crippen molar-refractivity contribution in [1.29, 1.82) is 0 Å². The summed E-state index contributed by atoms with van der Waals surface area (Å²) in [5.41, 5.74) is 0.994. The summed E-state index contributed by atoms with van der Waals surface area (Å²) in [4.78, 5) is 26.6. The van der Waals surface area contributed by atoms with Crippen molar-refractivity contribution in [1.82, 2.24) is 14.5 Å². The first kappa shape index (κ1) is 19.5. The number of piperazine rings is 1. The number of benzene rings is 1. The Morgan fingerprint density at radius 2 is 1.74 bits per heavy atom. The van der Waals surface area contributed by atoms with Gasteiger partial charge in [0.2, 0.25) is 15.9 Å². The van der Waals surface area contributed by atoms with E-state index in [2.05, 4.69) is 5.32 Å². The van der Waals surface area contributed by atoms with E-state index in [4.69, 9.17) is 0 Å². The predicted octanol–water partition coefficient (Wildman–Crippen LogP) is 1.32. The molecule has 0 atom stereocenters. The Morgan fingerprint density at radius 1 is 1.07 bits per heavy atom. The van der Waals surface area contributed by atoms with Crippen LogP contribution in [-0.4, -0.2) is 62.2 Å². The third kappa shape index (κ3) is 4.55. The highest BCUT2D eigenvalue weighted by Gasteiger charge is 2.30. The number of hydrogen-bond donors (Lipinski definition) is 1. The maximum Gasteiger partial charge on any atom is 0.261 e. The second-order valence-corrected chi connectivity index (χ2v) is 9.14. The molecule has 1 aliphatic rings. The lowest BCUT2D eigenvalue weighted by atomic mass is 10.2. The minimum absolute atomic E-state index is 0.0958. The Hall–Kier alpha value is -2.23. The highest BCUT2D eigenvalue weighted by molar-refractivity contribution is 7.89. The molecular formula is C18H21N3O4S2. The van der Waals surface area contributed by atoms with Gasteiger partial charge in [-0.3, -0.25) is 9.59 Å². The predicted molar refractivity (Wildman–Crippen MR) is 103 cm³/mol. The Labute approximate surface area is 162 Å². The van der Waals surface area contributed by atoms with Crippen LogP contribution >= 0.6 is 11.3 Å². The van der Waals surface area contributed by atoms with E-state index in [1.54, 1.807) is 46.7 Å². The minimum Gasteiger partial charge on any atom is -0.342 e. The molecule has 0 saturated carbocycles. The Balaban J connectivity index is 1.53. The smallest absolute Gasteiger partial charge is 0.261 e. The van der Waals surface area contributed by atoms with Gasteiger partial charge in [-0.05, 0) is 30.5 Å². The van der Waals surface area contributed by atoms with E-state index < -0.39 is 10.0 Å². The molecule has 1 aromatic heterocycles. The van der Waals surface area contributed by atoms with Crippen LogP contribution in [0.1, 0.15) is 15.2 Å². The third-order valence-electron chi connectivity index (χ3n) is 4.40. The number of carbonyl (C=O) groups excluding carboxylic acids is 2. The molecule has 2 amide bonds. The van der Waals surface area contributed by atoms with Crippen molar-refractivity contribution in [2.75, 3.05) is 32.7 Å². The summed E-state index contributed by atoms with van der Waals surface area (Å²) in [6.45, 7) is 2.89. The average molecular weight is 408 g/mol. The maximum atomic E-state index is 12.7. The van der Waals surface area contributed by atoms with Gasteiger partial charge < -0.3 is 10.2 Å². The quantitative estimate of drug-likeness (QED) is 0.810. The summed E-state index contributed by atoms with van der Waals surface area (Å²) in [6.07, 6.45) is 0. The van der Waals surface area contributed by atoms with Gasteiger partial charge in [-0.1, -0.05) is 23.8 Å². The van der Waals surface area contributed by atoms with Gasteiger partial charge in [0.05, 0.1) is 16.3 Å². The van der Waals surface area contributed by atoms with E-state index in [0.717, 1.165) is 5.56 Å². The van der Waals surface area contributed by atoms with E-state index in [0.29, 0.717) is 18.0 Å². The van der Waals surface area contributed by atoms with Crippen LogP contribution in [0.3, 0.4) is 0 Å². The largest absolute Gasteiger partial charge is 0.342 e. The van der Waals surface area contributed by atoms with Gasteiger partial charge in [-0.25, -0.2) is 8.42 Å². The fourth-order valence-corrected chi connectivity index (χ4v) is 4.86. The molecule has 2 heterocycles. The average Bonchev–Trinajstić information content (AvgIpc) is 3.21. The molecule has 7 nitrogen and oxygen atoms in total. The SMILES string of the molecule is Cc1ccc(S(=O)(=O)N2CCN(C(=O)CNC(=O)c3cccs3)CC2)cc1. The number of rotatable bonds is 5. The summed E-state index contributed by atoms with van der Waals surface area (Å²) in [5, 5.41) is 4.40. The molecule has 1 N–H and O–H groups in total. The first-order valence-corrected chi connectivity index (χ1v) is 10.9. The number of thiophene rings is 1. The Bertz CT molecular complexity index is 901. The molecule has 144 valence electrons.